The number of halogens is 2. The summed E-state index contributed by atoms with van der Waals surface area (Å²) in [5.74, 6) is 0. The van der Waals surface area contributed by atoms with Crippen molar-refractivity contribution in [1.29, 1.82) is 0 Å². The van der Waals surface area contributed by atoms with Crippen LogP contribution in [0.3, 0.4) is 0 Å². The van der Waals surface area contributed by atoms with Crippen LogP contribution in [0.1, 0.15) is 48.2 Å². The van der Waals surface area contributed by atoms with Crippen molar-refractivity contribution in [3.8, 4) is 0 Å². The summed E-state index contributed by atoms with van der Waals surface area (Å²) >= 11 is 7.15. The van der Waals surface area contributed by atoms with E-state index in [9.17, 15) is 0 Å². The topological polar surface area (TPSA) is 12.0 Å². The van der Waals surface area contributed by atoms with Crippen LogP contribution in [0.15, 0.2) is 45.3 Å². The standard InChI is InChI=1S/C18H21Br2N/c1-11-5-6-12(2)17(9-11)14(4)21-13(3)16-8-7-15(19)10-18(16)20/h5-10,13-14,21H,1-4H3. The van der Waals surface area contributed by atoms with Gasteiger partial charge in [-0.15, -0.1) is 0 Å². The molecule has 0 saturated heterocycles. The normalized spacial score (nSPS) is 14.0. The van der Waals surface area contributed by atoms with Crippen molar-refractivity contribution < 1.29 is 0 Å². The van der Waals surface area contributed by atoms with Crippen molar-refractivity contribution in [2.45, 2.75) is 39.8 Å². The Hall–Kier alpha value is -0.640. The molecule has 0 radical (unpaired) electrons. The number of hydrogen-bond donors (Lipinski definition) is 1. The van der Waals surface area contributed by atoms with Gasteiger partial charge in [-0.3, -0.25) is 0 Å². The fraction of sp³-hybridized carbons (Fsp3) is 0.333. The highest BCUT2D eigenvalue weighted by Crippen LogP contribution is 2.29. The molecule has 2 aromatic carbocycles. The van der Waals surface area contributed by atoms with Gasteiger partial charge < -0.3 is 5.32 Å². The molecule has 0 aliphatic heterocycles. The molecule has 0 aromatic heterocycles. The van der Waals surface area contributed by atoms with Crippen molar-refractivity contribution in [2.75, 3.05) is 0 Å². The maximum atomic E-state index is 3.70. The molecule has 112 valence electrons. The minimum absolute atomic E-state index is 0.280. The smallest absolute Gasteiger partial charge is 0.0308 e. The summed E-state index contributed by atoms with van der Waals surface area (Å²) in [6, 6.07) is 13.6. The summed E-state index contributed by atoms with van der Waals surface area (Å²) in [7, 11) is 0. The van der Waals surface area contributed by atoms with E-state index in [1.54, 1.807) is 0 Å². The second kappa shape index (κ2) is 7.08. The quantitative estimate of drug-likeness (QED) is 0.628. The molecular formula is C18H21Br2N. The fourth-order valence-corrected chi connectivity index (χ4v) is 4.02. The Morgan fingerprint density at radius 2 is 1.52 bits per heavy atom. The minimum atomic E-state index is 0.280. The molecule has 2 rings (SSSR count). The van der Waals surface area contributed by atoms with E-state index in [4.69, 9.17) is 0 Å². The molecule has 1 nitrogen and oxygen atoms in total. The number of benzene rings is 2. The average Bonchev–Trinajstić information content (AvgIpc) is 2.41. The molecule has 3 heteroatoms. The first-order chi connectivity index (χ1) is 9.88. The third kappa shape index (κ3) is 4.18. The largest absolute Gasteiger partial charge is 0.304 e. The van der Waals surface area contributed by atoms with E-state index in [0.29, 0.717) is 6.04 Å². The first kappa shape index (κ1) is 16.7. The van der Waals surface area contributed by atoms with E-state index in [0.717, 1.165) is 8.95 Å². The lowest BCUT2D eigenvalue weighted by molar-refractivity contribution is 0.492. The molecule has 1 N–H and O–H groups in total. The molecule has 21 heavy (non-hydrogen) atoms. The zero-order valence-corrected chi connectivity index (χ0v) is 16.0. The molecule has 0 aliphatic carbocycles. The molecule has 2 atom stereocenters. The maximum Gasteiger partial charge on any atom is 0.0308 e. The summed E-state index contributed by atoms with van der Waals surface area (Å²) in [6.07, 6.45) is 0. The van der Waals surface area contributed by atoms with Crippen LogP contribution in [0, 0.1) is 13.8 Å². The Morgan fingerprint density at radius 3 is 2.19 bits per heavy atom. The van der Waals surface area contributed by atoms with E-state index in [1.807, 2.05) is 0 Å². The first-order valence-corrected chi connectivity index (χ1v) is 8.75. The van der Waals surface area contributed by atoms with Gasteiger partial charge in [-0.1, -0.05) is 61.7 Å². The van der Waals surface area contributed by atoms with Crippen LogP contribution in [0.25, 0.3) is 0 Å². The third-order valence-electron chi connectivity index (χ3n) is 3.83. The van der Waals surface area contributed by atoms with Gasteiger partial charge in [0.2, 0.25) is 0 Å². The summed E-state index contributed by atoms with van der Waals surface area (Å²) in [5, 5.41) is 3.70. The van der Waals surface area contributed by atoms with Crippen molar-refractivity contribution in [2.24, 2.45) is 0 Å². The maximum absolute atomic E-state index is 3.70. The molecule has 0 fully saturated rings. The molecule has 0 heterocycles. The first-order valence-electron chi connectivity index (χ1n) is 7.16. The lowest BCUT2D eigenvalue weighted by atomic mass is 9.98. The van der Waals surface area contributed by atoms with Crippen molar-refractivity contribution in [3.63, 3.8) is 0 Å². The van der Waals surface area contributed by atoms with Crippen LogP contribution < -0.4 is 5.32 Å². The average molecular weight is 411 g/mol. The van der Waals surface area contributed by atoms with Crippen molar-refractivity contribution in [3.05, 3.63) is 67.6 Å². The zero-order chi connectivity index (χ0) is 15.6. The Morgan fingerprint density at radius 1 is 0.857 bits per heavy atom. The van der Waals surface area contributed by atoms with Gasteiger partial charge in [0.15, 0.2) is 0 Å². The summed E-state index contributed by atoms with van der Waals surface area (Å²) in [4.78, 5) is 0. The van der Waals surface area contributed by atoms with Gasteiger partial charge in [-0.25, -0.2) is 0 Å². The zero-order valence-electron chi connectivity index (χ0n) is 12.9. The Balaban J connectivity index is 2.18. The van der Waals surface area contributed by atoms with Gasteiger partial charge in [0.05, 0.1) is 0 Å². The molecule has 2 aromatic rings. The molecular weight excluding hydrogens is 390 g/mol. The molecule has 2 unspecified atom stereocenters. The van der Waals surface area contributed by atoms with E-state index >= 15 is 0 Å². The van der Waals surface area contributed by atoms with E-state index in [-0.39, 0.29) is 6.04 Å². The lowest BCUT2D eigenvalue weighted by Crippen LogP contribution is -2.23. The summed E-state index contributed by atoms with van der Waals surface area (Å²) in [5.41, 5.74) is 5.29. The van der Waals surface area contributed by atoms with Crippen LogP contribution in [0.5, 0.6) is 0 Å². The van der Waals surface area contributed by atoms with Crippen LogP contribution in [-0.4, -0.2) is 0 Å². The Kier molecular flexibility index (Phi) is 5.64. The predicted molar refractivity (Wildman–Crippen MR) is 97.7 cm³/mol. The van der Waals surface area contributed by atoms with Gasteiger partial charge in [0.25, 0.3) is 0 Å². The van der Waals surface area contributed by atoms with E-state index in [2.05, 4.69) is 101 Å². The van der Waals surface area contributed by atoms with Crippen LogP contribution in [0.4, 0.5) is 0 Å². The third-order valence-corrected chi connectivity index (χ3v) is 5.01. The minimum Gasteiger partial charge on any atom is -0.304 e. The Labute approximate surface area is 144 Å². The highest BCUT2D eigenvalue weighted by atomic mass is 79.9. The SMILES string of the molecule is Cc1ccc(C)c(C(C)NC(C)c2ccc(Br)cc2Br)c1. The van der Waals surface area contributed by atoms with Crippen molar-refractivity contribution >= 4 is 31.9 Å². The van der Waals surface area contributed by atoms with Crippen molar-refractivity contribution in [1.82, 2.24) is 5.32 Å². The van der Waals surface area contributed by atoms with E-state index in [1.165, 1.54) is 22.3 Å². The van der Waals surface area contributed by atoms with Gasteiger partial charge in [-0.2, -0.15) is 0 Å². The van der Waals surface area contributed by atoms with Crippen LogP contribution in [0.2, 0.25) is 0 Å². The lowest BCUT2D eigenvalue weighted by Gasteiger charge is -2.23. The number of nitrogens with one attached hydrogen (secondary N) is 1. The fourth-order valence-electron chi connectivity index (χ4n) is 2.63. The number of hydrogen-bond acceptors (Lipinski definition) is 1. The van der Waals surface area contributed by atoms with Crippen LogP contribution in [-0.2, 0) is 0 Å². The summed E-state index contributed by atoms with van der Waals surface area (Å²) in [6.45, 7) is 8.75. The highest BCUT2D eigenvalue weighted by molar-refractivity contribution is 9.11. The molecule has 0 bridgehead atoms. The van der Waals surface area contributed by atoms with Gasteiger partial charge >= 0.3 is 0 Å². The van der Waals surface area contributed by atoms with E-state index < -0.39 is 0 Å². The molecule has 0 spiro atoms. The summed E-state index contributed by atoms with van der Waals surface area (Å²) < 4.78 is 2.22. The molecule has 0 saturated carbocycles. The number of aryl methyl sites for hydroxylation is 2. The predicted octanol–water partition coefficient (Wildman–Crippen LogP) is 6.24. The van der Waals surface area contributed by atoms with Gasteiger partial charge in [-0.05, 0) is 56.5 Å². The van der Waals surface area contributed by atoms with Crippen LogP contribution >= 0.6 is 31.9 Å². The highest BCUT2D eigenvalue weighted by Gasteiger charge is 2.15. The Bertz CT molecular complexity index is 637. The van der Waals surface area contributed by atoms with Gasteiger partial charge in [0.1, 0.15) is 0 Å². The van der Waals surface area contributed by atoms with Gasteiger partial charge in [0, 0.05) is 21.0 Å². The number of rotatable bonds is 4. The second-order valence-corrected chi connectivity index (χ2v) is 7.41. The monoisotopic (exact) mass is 409 g/mol. The molecule has 0 aliphatic rings. The molecule has 0 amide bonds. The second-order valence-electron chi connectivity index (χ2n) is 5.64.